The minimum Gasteiger partial charge on any atom is -0.316 e. The van der Waals surface area contributed by atoms with E-state index in [9.17, 15) is 8.42 Å². The van der Waals surface area contributed by atoms with Gasteiger partial charge in [0, 0.05) is 17.6 Å². The molecule has 3 N–H and O–H groups in total. The van der Waals surface area contributed by atoms with Gasteiger partial charge in [-0.15, -0.1) is 0 Å². The van der Waals surface area contributed by atoms with Gasteiger partial charge in [-0.2, -0.15) is 5.10 Å². The third kappa shape index (κ3) is 4.88. The fourth-order valence-electron chi connectivity index (χ4n) is 2.62. The number of hydrogen-bond acceptors (Lipinski definition) is 4. The lowest BCUT2D eigenvalue weighted by Gasteiger charge is -2.32. The van der Waals surface area contributed by atoms with Crippen LogP contribution in [-0.2, 0) is 16.6 Å². The van der Waals surface area contributed by atoms with Crippen molar-refractivity contribution in [2.75, 3.05) is 7.05 Å². The lowest BCUT2D eigenvalue weighted by atomic mass is 9.82. The van der Waals surface area contributed by atoms with Crippen molar-refractivity contribution < 1.29 is 8.42 Å². The number of hydrogen-bond donors (Lipinski definition) is 3. The number of aromatic nitrogens is 2. The molecule has 1 rings (SSSR count). The van der Waals surface area contributed by atoms with Crippen LogP contribution in [0, 0.1) is 5.41 Å². The number of nitrogens with zero attached hydrogens (tertiary/aromatic N) is 1. The fourth-order valence-corrected chi connectivity index (χ4v) is 4.17. The van der Waals surface area contributed by atoms with Gasteiger partial charge in [0.05, 0.1) is 6.20 Å². The number of aromatic amines is 1. The molecular weight excluding hydrogens is 276 g/mol. The molecular formula is C13H26N4O2S. The summed E-state index contributed by atoms with van der Waals surface area (Å²) in [4.78, 5) is 0. The zero-order chi connectivity index (χ0) is 15.6. The Morgan fingerprint density at radius 1 is 1.25 bits per heavy atom. The molecule has 1 aromatic rings. The van der Waals surface area contributed by atoms with Gasteiger partial charge in [-0.3, -0.25) is 5.10 Å². The molecule has 6 nitrogen and oxygen atoms in total. The van der Waals surface area contributed by atoms with E-state index in [1.54, 1.807) is 7.05 Å². The van der Waals surface area contributed by atoms with Crippen molar-refractivity contribution in [1.82, 2.24) is 20.2 Å². The van der Waals surface area contributed by atoms with E-state index in [0.717, 1.165) is 6.42 Å². The van der Waals surface area contributed by atoms with E-state index < -0.39 is 15.6 Å². The normalized spacial score (nSPS) is 13.7. The lowest BCUT2D eigenvalue weighted by Crippen LogP contribution is -2.46. The highest BCUT2D eigenvalue weighted by atomic mass is 32.2. The molecule has 0 aliphatic rings. The van der Waals surface area contributed by atoms with Crippen LogP contribution in [-0.4, -0.2) is 31.2 Å². The van der Waals surface area contributed by atoms with Crippen LogP contribution >= 0.6 is 0 Å². The molecule has 0 saturated carbocycles. The second kappa shape index (κ2) is 5.83. The predicted molar refractivity (Wildman–Crippen MR) is 79.8 cm³/mol. The third-order valence-corrected chi connectivity index (χ3v) is 4.41. The third-order valence-electron chi connectivity index (χ3n) is 2.70. The largest absolute Gasteiger partial charge is 0.316 e. The second-order valence-electron chi connectivity index (χ2n) is 6.98. The van der Waals surface area contributed by atoms with Gasteiger partial charge in [0.25, 0.3) is 10.0 Å². The van der Waals surface area contributed by atoms with Gasteiger partial charge in [0.15, 0.2) is 5.03 Å². The van der Waals surface area contributed by atoms with Crippen LogP contribution in [0.15, 0.2) is 11.2 Å². The summed E-state index contributed by atoms with van der Waals surface area (Å²) < 4.78 is 27.7. The first-order valence-electron chi connectivity index (χ1n) is 6.68. The number of rotatable bonds is 6. The van der Waals surface area contributed by atoms with Gasteiger partial charge < -0.3 is 5.32 Å². The minimum atomic E-state index is -3.61. The first-order chi connectivity index (χ1) is 8.97. The summed E-state index contributed by atoms with van der Waals surface area (Å²) in [6.07, 6.45) is 2.26. The second-order valence-corrected chi connectivity index (χ2v) is 8.60. The standard InChI is InChI=1S/C13H26N4O2S/c1-12(2,3)9-13(4,5)17-20(18,19)11-10(7-14-6)8-15-16-11/h8,14,17H,7,9H2,1-6H3,(H,15,16). The van der Waals surface area contributed by atoms with Gasteiger partial charge in [-0.25, -0.2) is 13.1 Å². The lowest BCUT2D eigenvalue weighted by molar-refractivity contribution is 0.269. The van der Waals surface area contributed by atoms with E-state index in [4.69, 9.17) is 0 Å². The molecule has 7 heteroatoms. The molecule has 1 heterocycles. The summed E-state index contributed by atoms with van der Waals surface area (Å²) in [7, 11) is -1.84. The quantitative estimate of drug-likeness (QED) is 0.745. The van der Waals surface area contributed by atoms with Gasteiger partial charge in [0.2, 0.25) is 0 Å². The summed E-state index contributed by atoms with van der Waals surface area (Å²) in [6.45, 7) is 10.5. The van der Waals surface area contributed by atoms with Crippen molar-refractivity contribution in [1.29, 1.82) is 0 Å². The van der Waals surface area contributed by atoms with Crippen molar-refractivity contribution in [2.24, 2.45) is 5.41 Å². The van der Waals surface area contributed by atoms with E-state index in [-0.39, 0.29) is 10.4 Å². The molecule has 116 valence electrons. The molecule has 0 bridgehead atoms. The van der Waals surface area contributed by atoms with Crippen LogP contribution in [0.25, 0.3) is 0 Å². The Morgan fingerprint density at radius 3 is 2.35 bits per heavy atom. The SMILES string of the molecule is CNCc1cn[nH]c1S(=O)(=O)NC(C)(C)CC(C)(C)C. The van der Waals surface area contributed by atoms with Crippen molar-refractivity contribution in [2.45, 2.75) is 58.1 Å². The van der Waals surface area contributed by atoms with E-state index in [1.807, 2.05) is 13.8 Å². The van der Waals surface area contributed by atoms with Crippen LogP contribution in [0.3, 0.4) is 0 Å². The zero-order valence-electron chi connectivity index (χ0n) is 13.2. The number of sulfonamides is 1. The first-order valence-corrected chi connectivity index (χ1v) is 8.16. The van der Waals surface area contributed by atoms with Gasteiger partial charge in [-0.05, 0) is 32.7 Å². The Bertz CT molecular complexity index is 541. The zero-order valence-corrected chi connectivity index (χ0v) is 14.0. The van der Waals surface area contributed by atoms with Gasteiger partial charge in [0.1, 0.15) is 0 Å². The van der Waals surface area contributed by atoms with Crippen LogP contribution in [0.4, 0.5) is 0 Å². The van der Waals surface area contributed by atoms with E-state index in [1.165, 1.54) is 6.20 Å². The van der Waals surface area contributed by atoms with Gasteiger partial charge >= 0.3 is 0 Å². The molecule has 0 atom stereocenters. The average molecular weight is 302 g/mol. The highest BCUT2D eigenvalue weighted by molar-refractivity contribution is 7.89. The molecule has 0 aliphatic carbocycles. The Balaban J connectivity index is 2.97. The summed E-state index contributed by atoms with van der Waals surface area (Å²) in [5.74, 6) is 0. The van der Waals surface area contributed by atoms with Crippen LogP contribution < -0.4 is 10.0 Å². The van der Waals surface area contributed by atoms with E-state index in [0.29, 0.717) is 12.1 Å². The van der Waals surface area contributed by atoms with Gasteiger partial charge in [-0.1, -0.05) is 20.8 Å². The molecule has 0 spiro atoms. The average Bonchev–Trinajstić information content (AvgIpc) is 2.60. The topological polar surface area (TPSA) is 86.9 Å². The van der Waals surface area contributed by atoms with E-state index in [2.05, 4.69) is 41.0 Å². The maximum absolute atomic E-state index is 12.5. The minimum absolute atomic E-state index is 0.0355. The highest BCUT2D eigenvalue weighted by Crippen LogP contribution is 2.28. The smallest absolute Gasteiger partial charge is 0.258 e. The Kier molecular flexibility index (Phi) is 4.99. The Hall–Kier alpha value is -0.920. The molecule has 0 saturated heterocycles. The predicted octanol–water partition coefficient (Wildman–Crippen LogP) is 1.62. The molecule has 1 aromatic heterocycles. The highest BCUT2D eigenvalue weighted by Gasteiger charge is 2.32. The van der Waals surface area contributed by atoms with Crippen LogP contribution in [0.1, 0.15) is 46.6 Å². The Morgan fingerprint density at radius 2 is 1.85 bits per heavy atom. The van der Waals surface area contributed by atoms with Crippen molar-refractivity contribution >= 4 is 10.0 Å². The summed E-state index contributed by atoms with van der Waals surface area (Å²) in [6, 6.07) is 0. The number of H-pyrrole nitrogens is 1. The van der Waals surface area contributed by atoms with E-state index >= 15 is 0 Å². The van der Waals surface area contributed by atoms with Crippen LogP contribution in [0.2, 0.25) is 0 Å². The summed E-state index contributed by atoms with van der Waals surface area (Å²) >= 11 is 0. The summed E-state index contributed by atoms with van der Waals surface area (Å²) in [5, 5.41) is 9.47. The molecule has 0 aromatic carbocycles. The summed E-state index contributed by atoms with van der Waals surface area (Å²) in [5.41, 5.74) is 0.138. The molecule has 0 amide bonds. The Labute approximate surface area is 121 Å². The monoisotopic (exact) mass is 302 g/mol. The maximum atomic E-state index is 12.5. The molecule has 0 unspecified atom stereocenters. The van der Waals surface area contributed by atoms with Crippen molar-refractivity contribution in [3.63, 3.8) is 0 Å². The molecule has 0 aliphatic heterocycles. The van der Waals surface area contributed by atoms with Crippen LogP contribution in [0.5, 0.6) is 0 Å². The first kappa shape index (κ1) is 17.1. The molecule has 20 heavy (non-hydrogen) atoms. The number of nitrogens with one attached hydrogen (secondary N) is 3. The molecule has 0 fully saturated rings. The fraction of sp³-hybridized carbons (Fsp3) is 0.769. The molecule has 0 radical (unpaired) electrons. The maximum Gasteiger partial charge on any atom is 0.258 e. The van der Waals surface area contributed by atoms with Crippen molar-refractivity contribution in [3.8, 4) is 0 Å². The van der Waals surface area contributed by atoms with Crippen molar-refractivity contribution in [3.05, 3.63) is 11.8 Å².